The maximum Gasteiger partial charge on any atom is 0.268 e. The average molecular weight is 343 g/mol. The quantitative estimate of drug-likeness (QED) is 0.761. The van der Waals surface area contributed by atoms with E-state index in [0.717, 1.165) is 41.4 Å². The van der Waals surface area contributed by atoms with Gasteiger partial charge in [0, 0.05) is 34.7 Å². The Hall–Kier alpha value is -2.27. The number of H-pyrrole nitrogens is 1. The fourth-order valence-corrected chi connectivity index (χ4v) is 3.47. The molecule has 1 aromatic carbocycles. The van der Waals surface area contributed by atoms with Crippen LogP contribution in [0.5, 0.6) is 0 Å². The van der Waals surface area contributed by atoms with Gasteiger partial charge in [-0.25, -0.2) is 0 Å². The molecule has 2 heterocycles. The molecule has 0 spiro atoms. The van der Waals surface area contributed by atoms with Gasteiger partial charge < -0.3 is 10.3 Å². The topological polar surface area (TPSA) is 62.7 Å². The third-order valence-corrected chi connectivity index (χ3v) is 4.92. The van der Waals surface area contributed by atoms with Gasteiger partial charge in [-0.15, -0.1) is 0 Å². The van der Waals surface area contributed by atoms with E-state index in [9.17, 15) is 4.79 Å². The molecular weight excluding hydrogens is 324 g/mol. The molecule has 1 saturated carbocycles. The van der Waals surface area contributed by atoms with Crippen LogP contribution >= 0.6 is 11.6 Å². The number of nitrogens with zero attached hydrogens (tertiary/aromatic N) is 2. The van der Waals surface area contributed by atoms with Crippen LogP contribution in [0.1, 0.15) is 41.5 Å². The van der Waals surface area contributed by atoms with Gasteiger partial charge in [-0.05, 0) is 43.5 Å². The largest absolute Gasteiger partial charge is 0.351 e. The van der Waals surface area contributed by atoms with Crippen molar-refractivity contribution in [1.29, 1.82) is 0 Å². The molecule has 1 fully saturated rings. The van der Waals surface area contributed by atoms with Crippen LogP contribution in [0, 0.1) is 0 Å². The van der Waals surface area contributed by atoms with Crippen molar-refractivity contribution in [2.45, 2.75) is 31.7 Å². The van der Waals surface area contributed by atoms with Gasteiger partial charge in [0.15, 0.2) is 0 Å². The molecule has 6 heteroatoms. The summed E-state index contributed by atoms with van der Waals surface area (Å²) in [5.74, 6) is -0.0919. The number of aromatic nitrogens is 3. The molecule has 0 radical (unpaired) electrons. The summed E-state index contributed by atoms with van der Waals surface area (Å²) in [6, 6.07) is 7.40. The second kappa shape index (κ2) is 5.38. The van der Waals surface area contributed by atoms with Gasteiger partial charge in [-0.1, -0.05) is 18.5 Å². The van der Waals surface area contributed by atoms with Gasteiger partial charge in [0.2, 0.25) is 0 Å². The predicted octanol–water partition coefficient (Wildman–Crippen LogP) is 3.54. The van der Waals surface area contributed by atoms with Crippen LogP contribution in [0.25, 0.3) is 10.9 Å². The maximum absolute atomic E-state index is 12.7. The van der Waals surface area contributed by atoms with Crippen LogP contribution in [-0.2, 0) is 19.0 Å². The highest BCUT2D eigenvalue weighted by Gasteiger charge is 2.48. The zero-order valence-electron chi connectivity index (χ0n) is 13.7. The summed E-state index contributed by atoms with van der Waals surface area (Å²) in [4.78, 5) is 15.9. The minimum absolute atomic E-state index is 0.0919. The van der Waals surface area contributed by atoms with Crippen molar-refractivity contribution >= 4 is 28.4 Å². The zero-order chi connectivity index (χ0) is 16.9. The lowest BCUT2D eigenvalue weighted by molar-refractivity contribution is 0.0926. The summed E-state index contributed by atoms with van der Waals surface area (Å²) in [7, 11) is 1.92. The molecule has 24 heavy (non-hydrogen) atoms. The van der Waals surface area contributed by atoms with Crippen LogP contribution in [0.15, 0.2) is 30.5 Å². The molecule has 3 aromatic rings. The first-order chi connectivity index (χ1) is 11.5. The summed E-state index contributed by atoms with van der Waals surface area (Å²) in [6.45, 7) is 2.09. The molecule has 1 amide bonds. The van der Waals surface area contributed by atoms with Crippen molar-refractivity contribution in [2.24, 2.45) is 7.05 Å². The molecule has 124 valence electrons. The van der Waals surface area contributed by atoms with Crippen molar-refractivity contribution in [2.75, 3.05) is 0 Å². The first-order valence-corrected chi connectivity index (χ1v) is 8.52. The number of hydrogen-bond donors (Lipinski definition) is 2. The highest BCUT2D eigenvalue weighted by molar-refractivity contribution is 6.31. The normalized spacial score (nSPS) is 15.6. The Balaban J connectivity index is 1.62. The van der Waals surface area contributed by atoms with Gasteiger partial charge in [-0.3, -0.25) is 9.48 Å². The number of aromatic amines is 1. The molecule has 0 bridgehead atoms. The second-order valence-corrected chi connectivity index (χ2v) is 6.90. The van der Waals surface area contributed by atoms with Crippen LogP contribution in [-0.4, -0.2) is 20.7 Å². The Morgan fingerprint density at radius 1 is 1.42 bits per heavy atom. The van der Waals surface area contributed by atoms with Crippen molar-refractivity contribution in [3.63, 3.8) is 0 Å². The van der Waals surface area contributed by atoms with Crippen LogP contribution in [0.2, 0.25) is 5.02 Å². The number of hydrogen-bond acceptors (Lipinski definition) is 2. The number of carbonyl (C=O) groups excluding carboxylic acids is 1. The molecule has 0 saturated heterocycles. The average Bonchev–Trinajstić information content (AvgIpc) is 3.03. The van der Waals surface area contributed by atoms with Gasteiger partial charge in [0.25, 0.3) is 5.91 Å². The number of rotatable bonds is 4. The Labute approximate surface area is 145 Å². The van der Waals surface area contributed by atoms with Crippen LogP contribution in [0.4, 0.5) is 0 Å². The Bertz CT molecular complexity index is 936. The highest BCUT2D eigenvalue weighted by Crippen LogP contribution is 2.47. The van der Waals surface area contributed by atoms with Crippen molar-refractivity contribution in [1.82, 2.24) is 20.1 Å². The summed E-state index contributed by atoms with van der Waals surface area (Å²) in [6.07, 6.45) is 4.78. The zero-order valence-corrected chi connectivity index (χ0v) is 14.4. The van der Waals surface area contributed by atoms with Crippen LogP contribution < -0.4 is 5.32 Å². The number of carbonyl (C=O) groups is 1. The van der Waals surface area contributed by atoms with Crippen molar-refractivity contribution < 1.29 is 4.79 Å². The molecule has 0 atom stereocenters. The molecule has 5 nitrogen and oxygen atoms in total. The summed E-state index contributed by atoms with van der Waals surface area (Å²) < 4.78 is 1.82. The fraction of sp³-hybridized carbons (Fsp3) is 0.333. The van der Waals surface area contributed by atoms with E-state index in [2.05, 4.69) is 22.3 Å². The summed E-state index contributed by atoms with van der Waals surface area (Å²) in [5.41, 5.74) is 3.38. The standard InChI is InChI=1S/C18H19ClN4O/c1-3-14-13(10-23(2)22-14)18(6-7-18)21-17(24)16-9-11-8-12(19)4-5-15(11)20-16/h4-5,8-10,20H,3,6-7H2,1-2H3,(H,21,24). The van der Waals surface area contributed by atoms with E-state index < -0.39 is 0 Å². The van der Waals surface area contributed by atoms with Gasteiger partial charge in [0.1, 0.15) is 5.69 Å². The first-order valence-electron chi connectivity index (χ1n) is 8.14. The molecule has 1 aliphatic rings. The van der Waals surface area contributed by atoms with Gasteiger partial charge in [-0.2, -0.15) is 5.10 Å². The second-order valence-electron chi connectivity index (χ2n) is 6.47. The Morgan fingerprint density at radius 2 is 2.21 bits per heavy atom. The summed E-state index contributed by atoms with van der Waals surface area (Å²) >= 11 is 6.02. The third-order valence-electron chi connectivity index (χ3n) is 4.69. The molecule has 2 N–H and O–H groups in total. The minimum atomic E-state index is -0.272. The van der Waals surface area contributed by atoms with E-state index in [4.69, 9.17) is 11.6 Å². The number of amides is 1. The third kappa shape index (κ3) is 2.49. The van der Waals surface area contributed by atoms with E-state index in [1.165, 1.54) is 0 Å². The SMILES string of the molecule is CCc1nn(C)cc1C1(NC(=O)c2cc3cc(Cl)ccc3[nH]2)CC1. The van der Waals surface area contributed by atoms with Crippen molar-refractivity contribution in [3.05, 3.63) is 52.4 Å². The lowest BCUT2D eigenvalue weighted by Crippen LogP contribution is -2.35. The molecule has 0 unspecified atom stereocenters. The van der Waals surface area contributed by atoms with E-state index >= 15 is 0 Å². The van der Waals surface area contributed by atoms with Crippen LogP contribution in [0.3, 0.4) is 0 Å². The summed E-state index contributed by atoms with van der Waals surface area (Å²) in [5, 5.41) is 9.31. The fourth-order valence-electron chi connectivity index (χ4n) is 3.29. The Kier molecular flexibility index (Phi) is 3.42. The number of benzene rings is 1. The molecular formula is C18H19ClN4O. The molecule has 0 aliphatic heterocycles. The maximum atomic E-state index is 12.7. The monoisotopic (exact) mass is 342 g/mol. The number of fused-ring (bicyclic) bond motifs is 1. The van der Waals surface area contributed by atoms with Crippen molar-refractivity contribution in [3.8, 4) is 0 Å². The molecule has 4 rings (SSSR count). The number of aryl methyl sites for hydroxylation is 2. The van der Waals surface area contributed by atoms with Gasteiger partial charge in [0.05, 0.1) is 11.2 Å². The van der Waals surface area contributed by atoms with E-state index in [-0.39, 0.29) is 11.4 Å². The minimum Gasteiger partial charge on any atom is -0.351 e. The van der Waals surface area contributed by atoms with E-state index in [0.29, 0.717) is 10.7 Å². The smallest absolute Gasteiger partial charge is 0.268 e. The number of halogens is 1. The lowest BCUT2D eigenvalue weighted by Gasteiger charge is -2.17. The Morgan fingerprint density at radius 3 is 2.92 bits per heavy atom. The van der Waals surface area contributed by atoms with E-state index in [1.54, 1.807) is 0 Å². The molecule has 2 aromatic heterocycles. The predicted molar refractivity (Wildman–Crippen MR) is 94.3 cm³/mol. The lowest BCUT2D eigenvalue weighted by atomic mass is 10.0. The first kappa shape index (κ1) is 15.3. The van der Waals surface area contributed by atoms with Gasteiger partial charge >= 0.3 is 0 Å². The van der Waals surface area contributed by atoms with E-state index in [1.807, 2.05) is 42.2 Å². The molecule has 1 aliphatic carbocycles. The highest BCUT2D eigenvalue weighted by atomic mass is 35.5. The number of nitrogens with one attached hydrogen (secondary N) is 2.